The van der Waals surface area contributed by atoms with Crippen molar-refractivity contribution >= 4 is 12.2 Å². The van der Waals surface area contributed by atoms with Crippen molar-refractivity contribution in [3.63, 3.8) is 0 Å². The largest absolute Gasteiger partial charge is 0.240 e. The first kappa shape index (κ1) is 11.0. The normalized spacial score (nSPS) is 32.8. The van der Waals surface area contributed by atoms with Gasteiger partial charge in [0.15, 0.2) is 0 Å². The molecule has 0 radical (unpaired) electrons. The van der Waals surface area contributed by atoms with E-state index in [4.69, 9.17) is 0 Å². The highest BCUT2D eigenvalue weighted by Crippen LogP contribution is 2.42. The Hall–Kier alpha value is -1.50. The van der Waals surface area contributed by atoms with Crippen molar-refractivity contribution in [1.82, 2.24) is 0 Å². The van der Waals surface area contributed by atoms with Gasteiger partial charge in [-0.1, -0.05) is 18.9 Å². The fourth-order valence-corrected chi connectivity index (χ4v) is 2.95. The number of aliphatic imine (C=N–C) groups is 2. The fourth-order valence-electron chi connectivity index (χ4n) is 2.95. The van der Waals surface area contributed by atoms with Crippen LogP contribution in [-0.4, -0.2) is 18.2 Å². The summed E-state index contributed by atoms with van der Waals surface area (Å²) in [5.41, 5.74) is 0.844. The molecule has 2 rings (SSSR count). The van der Waals surface area contributed by atoms with E-state index in [1.807, 2.05) is 6.08 Å². The third-order valence-corrected chi connectivity index (χ3v) is 3.66. The van der Waals surface area contributed by atoms with Crippen LogP contribution < -0.4 is 0 Å². The zero-order chi connectivity index (χ0) is 11.4. The number of carbonyl (C=O) groups excluding carboxylic acids is 2. The molecule has 0 aliphatic heterocycles. The SMILES string of the molecule is O=C=NC1=CCC(N=C=O)C2CCCCC12. The lowest BCUT2D eigenvalue weighted by molar-refractivity contribution is 0.218. The lowest BCUT2D eigenvalue weighted by Crippen LogP contribution is -2.33. The zero-order valence-electron chi connectivity index (χ0n) is 9.06. The Labute approximate surface area is 94.2 Å². The average Bonchev–Trinajstić information content (AvgIpc) is 2.33. The van der Waals surface area contributed by atoms with Crippen molar-refractivity contribution in [3.8, 4) is 0 Å². The monoisotopic (exact) mass is 218 g/mol. The standard InChI is InChI=1S/C12H14N2O2/c15-7-13-11-5-6-12(14-8-16)10-4-2-1-3-9(10)11/h5,9-10,12H,1-4,6H2. The van der Waals surface area contributed by atoms with Crippen LogP contribution in [0, 0.1) is 11.8 Å². The first-order valence-corrected chi connectivity index (χ1v) is 5.71. The van der Waals surface area contributed by atoms with Crippen molar-refractivity contribution in [2.24, 2.45) is 21.8 Å². The predicted octanol–water partition coefficient (Wildman–Crippen LogP) is 2.12. The molecular weight excluding hydrogens is 204 g/mol. The molecule has 1 saturated carbocycles. The minimum absolute atomic E-state index is 0.0356. The van der Waals surface area contributed by atoms with Crippen LogP contribution in [0.2, 0.25) is 0 Å². The molecular formula is C12H14N2O2. The molecule has 2 aliphatic rings. The highest BCUT2D eigenvalue weighted by molar-refractivity contribution is 5.39. The number of rotatable bonds is 2. The van der Waals surface area contributed by atoms with Gasteiger partial charge < -0.3 is 0 Å². The molecule has 16 heavy (non-hydrogen) atoms. The molecule has 0 amide bonds. The second-order valence-electron chi connectivity index (χ2n) is 4.41. The number of nitrogens with zero attached hydrogens (tertiary/aromatic N) is 2. The second-order valence-corrected chi connectivity index (χ2v) is 4.41. The number of hydrogen-bond donors (Lipinski definition) is 0. The molecule has 0 aromatic rings. The van der Waals surface area contributed by atoms with Gasteiger partial charge in [-0.25, -0.2) is 14.6 Å². The van der Waals surface area contributed by atoms with Crippen molar-refractivity contribution in [2.75, 3.05) is 0 Å². The minimum Gasteiger partial charge on any atom is -0.211 e. The van der Waals surface area contributed by atoms with Crippen LogP contribution in [0.25, 0.3) is 0 Å². The van der Waals surface area contributed by atoms with Crippen LogP contribution >= 0.6 is 0 Å². The van der Waals surface area contributed by atoms with Gasteiger partial charge in [0.1, 0.15) is 0 Å². The van der Waals surface area contributed by atoms with Crippen LogP contribution in [-0.2, 0) is 9.59 Å². The van der Waals surface area contributed by atoms with E-state index < -0.39 is 0 Å². The third-order valence-electron chi connectivity index (χ3n) is 3.66. The highest BCUT2D eigenvalue weighted by atomic mass is 16.1. The van der Waals surface area contributed by atoms with E-state index in [-0.39, 0.29) is 12.0 Å². The van der Waals surface area contributed by atoms with Gasteiger partial charge in [0.25, 0.3) is 0 Å². The van der Waals surface area contributed by atoms with Gasteiger partial charge in [0.05, 0.1) is 11.7 Å². The van der Waals surface area contributed by atoms with E-state index >= 15 is 0 Å². The molecule has 0 bridgehead atoms. The third kappa shape index (κ3) is 2.04. The predicted molar refractivity (Wildman–Crippen MR) is 58.2 cm³/mol. The van der Waals surface area contributed by atoms with Gasteiger partial charge in [0.2, 0.25) is 12.2 Å². The summed E-state index contributed by atoms with van der Waals surface area (Å²) in [6.45, 7) is 0. The van der Waals surface area contributed by atoms with E-state index in [1.54, 1.807) is 12.2 Å². The van der Waals surface area contributed by atoms with Crippen molar-refractivity contribution in [2.45, 2.75) is 38.1 Å². The van der Waals surface area contributed by atoms with Gasteiger partial charge in [-0.15, -0.1) is 0 Å². The van der Waals surface area contributed by atoms with Gasteiger partial charge >= 0.3 is 0 Å². The maximum Gasteiger partial charge on any atom is 0.240 e. The number of fused-ring (bicyclic) bond motifs is 1. The summed E-state index contributed by atoms with van der Waals surface area (Å²) in [4.78, 5) is 28.3. The Morgan fingerprint density at radius 3 is 2.75 bits per heavy atom. The molecule has 2 aliphatic carbocycles. The van der Waals surface area contributed by atoms with E-state index in [0.717, 1.165) is 25.0 Å². The summed E-state index contributed by atoms with van der Waals surface area (Å²) < 4.78 is 0. The summed E-state index contributed by atoms with van der Waals surface area (Å²) >= 11 is 0. The van der Waals surface area contributed by atoms with Gasteiger partial charge in [-0.05, 0) is 25.2 Å². The molecule has 84 valence electrons. The molecule has 0 aromatic carbocycles. The van der Waals surface area contributed by atoms with Crippen LogP contribution in [0.15, 0.2) is 21.8 Å². The van der Waals surface area contributed by atoms with E-state index in [9.17, 15) is 9.59 Å². The maximum absolute atomic E-state index is 10.4. The van der Waals surface area contributed by atoms with Gasteiger partial charge in [-0.3, -0.25) is 0 Å². The fraction of sp³-hybridized carbons (Fsp3) is 0.667. The number of isocyanates is 2. The summed E-state index contributed by atoms with van der Waals surface area (Å²) in [5.74, 6) is 0.637. The van der Waals surface area contributed by atoms with Crippen LogP contribution in [0.4, 0.5) is 0 Å². The molecule has 1 fully saturated rings. The Kier molecular flexibility index (Phi) is 3.45. The molecule has 3 unspecified atom stereocenters. The van der Waals surface area contributed by atoms with Crippen LogP contribution in [0.1, 0.15) is 32.1 Å². The first-order valence-electron chi connectivity index (χ1n) is 5.71. The zero-order valence-corrected chi connectivity index (χ0v) is 9.06. The lowest BCUT2D eigenvalue weighted by Gasteiger charge is -2.37. The molecule has 0 heterocycles. The molecule has 0 aromatic heterocycles. The van der Waals surface area contributed by atoms with Crippen LogP contribution in [0.3, 0.4) is 0 Å². The minimum atomic E-state index is 0.0356. The Balaban J connectivity index is 2.27. The van der Waals surface area contributed by atoms with Crippen molar-refractivity contribution in [3.05, 3.63) is 11.8 Å². The Bertz CT molecular complexity index is 390. The van der Waals surface area contributed by atoms with E-state index in [1.165, 1.54) is 6.42 Å². The first-order chi connectivity index (χ1) is 7.86. The summed E-state index contributed by atoms with van der Waals surface area (Å²) in [6, 6.07) is 0.0356. The molecule has 4 heteroatoms. The van der Waals surface area contributed by atoms with E-state index in [2.05, 4.69) is 9.98 Å². The Morgan fingerprint density at radius 1 is 1.19 bits per heavy atom. The van der Waals surface area contributed by atoms with Crippen molar-refractivity contribution in [1.29, 1.82) is 0 Å². The van der Waals surface area contributed by atoms with Crippen LogP contribution in [0.5, 0.6) is 0 Å². The lowest BCUT2D eigenvalue weighted by atomic mass is 9.70. The van der Waals surface area contributed by atoms with Gasteiger partial charge in [0, 0.05) is 5.92 Å². The van der Waals surface area contributed by atoms with Crippen molar-refractivity contribution < 1.29 is 9.59 Å². The summed E-state index contributed by atoms with van der Waals surface area (Å²) in [6.07, 6.45) is 10.3. The summed E-state index contributed by atoms with van der Waals surface area (Å²) in [5, 5.41) is 0. The molecule has 0 saturated heterocycles. The number of allylic oxidation sites excluding steroid dienone is 1. The second kappa shape index (κ2) is 5.02. The van der Waals surface area contributed by atoms with Gasteiger partial charge in [-0.2, -0.15) is 4.99 Å². The Morgan fingerprint density at radius 2 is 2.00 bits per heavy atom. The molecule has 0 N–H and O–H groups in total. The average molecular weight is 218 g/mol. The topological polar surface area (TPSA) is 58.9 Å². The smallest absolute Gasteiger partial charge is 0.211 e. The molecule has 3 atom stereocenters. The maximum atomic E-state index is 10.4. The molecule has 4 nitrogen and oxygen atoms in total. The quantitative estimate of drug-likeness (QED) is 0.526. The highest BCUT2D eigenvalue weighted by Gasteiger charge is 2.36. The summed E-state index contributed by atoms with van der Waals surface area (Å²) in [7, 11) is 0. The molecule has 0 spiro atoms. The van der Waals surface area contributed by atoms with E-state index in [0.29, 0.717) is 12.3 Å². The number of hydrogen-bond acceptors (Lipinski definition) is 4.